The van der Waals surface area contributed by atoms with Gasteiger partial charge in [-0.1, -0.05) is 73.2 Å². The monoisotopic (exact) mass is 526 g/mol. The summed E-state index contributed by atoms with van der Waals surface area (Å²) in [6.45, 7) is 3.59. The fourth-order valence-corrected chi connectivity index (χ4v) is 5.93. The van der Waals surface area contributed by atoms with Crippen LogP contribution < -0.4 is 5.43 Å². The van der Waals surface area contributed by atoms with Crippen LogP contribution in [0.5, 0.6) is 0 Å². The summed E-state index contributed by atoms with van der Waals surface area (Å²) >= 11 is 12.7. The van der Waals surface area contributed by atoms with Gasteiger partial charge in [0.25, 0.3) is 5.91 Å². The molecule has 0 unspecified atom stereocenters. The summed E-state index contributed by atoms with van der Waals surface area (Å²) in [5.41, 5.74) is 6.63. The maximum absolute atomic E-state index is 13.3. The van der Waals surface area contributed by atoms with Crippen LogP contribution in [0.4, 0.5) is 0 Å². The largest absolute Gasteiger partial charge is 0.385 e. The number of aromatic nitrogens is 2. The average Bonchev–Trinajstić information content (AvgIpc) is 3.22. The molecule has 2 heterocycles. The van der Waals surface area contributed by atoms with E-state index in [1.807, 2.05) is 42.3 Å². The maximum Gasteiger partial charge on any atom is 0.286 e. The van der Waals surface area contributed by atoms with Crippen LogP contribution in [0.1, 0.15) is 73.0 Å². The Morgan fingerprint density at radius 3 is 2.31 bits per heavy atom. The molecule has 1 saturated heterocycles. The molecule has 8 heteroatoms. The van der Waals surface area contributed by atoms with Crippen LogP contribution in [0.2, 0.25) is 10.0 Å². The highest BCUT2D eigenvalue weighted by Gasteiger charge is 2.31. The summed E-state index contributed by atoms with van der Waals surface area (Å²) in [5.74, 6) is -0.229. The van der Waals surface area contributed by atoms with Gasteiger partial charge in [-0.2, -0.15) is 5.10 Å². The van der Waals surface area contributed by atoms with Gasteiger partial charge in [0.15, 0.2) is 5.69 Å². The van der Waals surface area contributed by atoms with Crippen molar-refractivity contribution in [1.82, 2.24) is 20.2 Å². The first-order valence-corrected chi connectivity index (χ1v) is 13.6. The Labute approximate surface area is 222 Å². The van der Waals surface area contributed by atoms with E-state index in [0.29, 0.717) is 21.4 Å². The van der Waals surface area contributed by atoms with Gasteiger partial charge in [-0.3, -0.25) is 10.2 Å². The van der Waals surface area contributed by atoms with Crippen LogP contribution in [-0.2, 0) is 5.60 Å². The van der Waals surface area contributed by atoms with Gasteiger partial charge in [0.05, 0.1) is 22.0 Å². The molecular weight excluding hydrogens is 495 g/mol. The van der Waals surface area contributed by atoms with Gasteiger partial charge in [0, 0.05) is 29.2 Å². The molecule has 0 radical (unpaired) electrons. The zero-order valence-corrected chi connectivity index (χ0v) is 22.1. The summed E-state index contributed by atoms with van der Waals surface area (Å²) in [4.78, 5) is 13.3. The molecule has 0 bridgehead atoms. The molecule has 1 aliphatic carbocycles. The zero-order valence-electron chi connectivity index (χ0n) is 20.6. The summed E-state index contributed by atoms with van der Waals surface area (Å²) in [7, 11) is 0. The predicted octanol–water partition coefficient (Wildman–Crippen LogP) is 6.44. The number of benzene rings is 2. The minimum atomic E-state index is -0.773. The number of nitrogens with zero attached hydrogens (tertiary/aromatic N) is 3. The van der Waals surface area contributed by atoms with Crippen molar-refractivity contribution in [2.75, 3.05) is 13.1 Å². The molecule has 5 rings (SSSR count). The number of carbonyl (C=O) groups excluding carboxylic acids is 1. The van der Waals surface area contributed by atoms with Gasteiger partial charge < -0.3 is 5.11 Å². The second-order valence-electron chi connectivity index (χ2n) is 9.99. The molecule has 3 aromatic rings. The van der Waals surface area contributed by atoms with Crippen LogP contribution in [0, 0.1) is 6.92 Å². The van der Waals surface area contributed by atoms with Crippen molar-refractivity contribution in [3.05, 3.63) is 69.3 Å². The highest BCUT2D eigenvalue weighted by atomic mass is 35.5. The average molecular weight is 527 g/mol. The summed E-state index contributed by atoms with van der Waals surface area (Å²) < 4.78 is 1.73. The van der Waals surface area contributed by atoms with E-state index >= 15 is 0 Å². The third-order valence-corrected chi connectivity index (χ3v) is 8.01. The van der Waals surface area contributed by atoms with Crippen molar-refractivity contribution in [2.45, 2.75) is 63.9 Å². The van der Waals surface area contributed by atoms with E-state index in [4.69, 9.17) is 28.3 Å². The Hall–Kier alpha value is -2.38. The number of aliphatic hydroxyl groups is 1. The second kappa shape index (κ2) is 10.5. The Balaban J connectivity index is 1.55. The van der Waals surface area contributed by atoms with E-state index in [9.17, 15) is 9.90 Å². The molecule has 36 heavy (non-hydrogen) atoms. The minimum Gasteiger partial charge on any atom is -0.385 e. The molecule has 6 nitrogen and oxygen atoms in total. The highest BCUT2D eigenvalue weighted by molar-refractivity contribution is 6.35. The van der Waals surface area contributed by atoms with E-state index < -0.39 is 5.60 Å². The molecule has 190 valence electrons. The number of carbonyl (C=O) groups is 1. The molecule has 1 aromatic heterocycles. The molecular formula is C28H32Cl2N4O2. The van der Waals surface area contributed by atoms with Gasteiger partial charge in [0.2, 0.25) is 0 Å². The number of halogens is 2. The smallest absolute Gasteiger partial charge is 0.286 e. The number of piperidine rings is 1. The van der Waals surface area contributed by atoms with Crippen LogP contribution in [0.25, 0.3) is 16.9 Å². The summed E-state index contributed by atoms with van der Waals surface area (Å²) in [6.07, 6.45) is 8.13. The standard InChI is InChI=1S/C28H32Cl2N4O2/c1-19-25(27(35)32-33-16-6-3-7-17-33)31-34(24-13-12-22(29)18-23(24)30)26(19)20-8-10-21(11-9-20)28(36)14-4-2-5-15-28/h8-13,18,36H,2-7,14-17H2,1H3,(H,32,35). The number of nitrogens with one attached hydrogen (secondary N) is 1. The molecule has 0 atom stereocenters. The van der Waals surface area contributed by atoms with Crippen LogP contribution in [0.15, 0.2) is 42.5 Å². The van der Waals surface area contributed by atoms with Crippen molar-refractivity contribution in [2.24, 2.45) is 0 Å². The number of hydrogen-bond donors (Lipinski definition) is 2. The fourth-order valence-electron chi connectivity index (χ4n) is 5.44. The molecule has 1 saturated carbocycles. The molecule has 2 aromatic carbocycles. The third-order valence-electron chi connectivity index (χ3n) is 7.47. The van der Waals surface area contributed by atoms with E-state index in [-0.39, 0.29) is 5.91 Å². The van der Waals surface area contributed by atoms with Gasteiger partial charge in [0.1, 0.15) is 0 Å². The molecule has 1 amide bonds. The lowest BCUT2D eigenvalue weighted by atomic mass is 9.79. The number of hydrazine groups is 1. The Kier molecular flexibility index (Phi) is 7.40. The van der Waals surface area contributed by atoms with Crippen LogP contribution >= 0.6 is 23.2 Å². The molecule has 1 aliphatic heterocycles. The topological polar surface area (TPSA) is 70.4 Å². The van der Waals surface area contributed by atoms with E-state index in [2.05, 4.69) is 5.43 Å². The van der Waals surface area contributed by atoms with Crippen molar-refractivity contribution in [3.63, 3.8) is 0 Å². The number of rotatable bonds is 5. The Morgan fingerprint density at radius 2 is 1.64 bits per heavy atom. The van der Waals surface area contributed by atoms with E-state index in [1.165, 1.54) is 12.8 Å². The molecule has 2 N–H and O–H groups in total. The summed E-state index contributed by atoms with van der Waals surface area (Å²) in [5, 5.41) is 18.9. The lowest BCUT2D eigenvalue weighted by Gasteiger charge is -2.32. The van der Waals surface area contributed by atoms with Gasteiger partial charge in [-0.05, 0) is 56.4 Å². The van der Waals surface area contributed by atoms with Crippen LogP contribution in [-0.4, -0.2) is 38.9 Å². The minimum absolute atomic E-state index is 0.229. The third kappa shape index (κ3) is 5.05. The SMILES string of the molecule is Cc1c(C(=O)NN2CCCCC2)nn(-c2ccc(Cl)cc2Cl)c1-c1ccc(C2(O)CCCCC2)cc1. The van der Waals surface area contributed by atoms with Gasteiger partial charge in [-0.15, -0.1) is 0 Å². The van der Waals surface area contributed by atoms with Crippen molar-refractivity contribution in [1.29, 1.82) is 0 Å². The number of amides is 1. The lowest BCUT2D eigenvalue weighted by molar-refractivity contribution is -0.000617. The van der Waals surface area contributed by atoms with Crippen molar-refractivity contribution >= 4 is 29.1 Å². The second-order valence-corrected chi connectivity index (χ2v) is 10.8. The first-order chi connectivity index (χ1) is 17.4. The molecule has 2 fully saturated rings. The van der Waals surface area contributed by atoms with E-state index in [0.717, 1.165) is 74.0 Å². The first kappa shape index (κ1) is 25.3. The molecule has 0 spiro atoms. The predicted molar refractivity (Wildman–Crippen MR) is 144 cm³/mol. The Morgan fingerprint density at radius 1 is 0.972 bits per heavy atom. The molecule has 2 aliphatic rings. The zero-order chi connectivity index (χ0) is 25.3. The van der Waals surface area contributed by atoms with Gasteiger partial charge in [-0.25, -0.2) is 9.69 Å². The quantitative estimate of drug-likeness (QED) is 0.401. The van der Waals surface area contributed by atoms with E-state index in [1.54, 1.807) is 16.8 Å². The van der Waals surface area contributed by atoms with Crippen LogP contribution in [0.3, 0.4) is 0 Å². The number of hydrogen-bond acceptors (Lipinski definition) is 4. The summed E-state index contributed by atoms with van der Waals surface area (Å²) in [6, 6.07) is 13.2. The first-order valence-electron chi connectivity index (χ1n) is 12.8. The van der Waals surface area contributed by atoms with Crippen molar-refractivity contribution in [3.8, 4) is 16.9 Å². The maximum atomic E-state index is 13.3. The van der Waals surface area contributed by atoms with Gasteiger partial charge >= 0.3 is 0 Å². The fraction of sp³-hybridized carbons (Fsp3) is 0.429. The van der Waals surface area contributed by atoms with Crippen molar-refractivity contribution < 1.29 is 9.90 Å². The Bertz CT molecular complexity index is 1240. The normalized spacial score (nSPS) is 18.2. The highest BCUT2D eigenvalue weighted by Crippen LogP contribution is 2.39. The lowest BCUT2D eigenvalue weighted by Crippen LogP contribution is -2.45.